The summed E-state index contributed by atoms with van der Waals surface area (Å²) in [7, 11) is 0. The highest BCUT2D eigenvalue weighted by Gasteiger charge is 2.12. The summed E-state index contributed by atoms with van der Waals surface area (Å²) in [4.78, 5) is 6.81. The van der Waals surface area contributed by atoms with Gasteiger partial charge < -0.3 is 5.32 Å². The molecule has 0 atom stereocenters. The molecule has 2 aromatic carbocycles. The van der Waals surface area contributed by atoms with Crippen LogP contribution >= 0.6 is 0 Å². The van der Waals surface area contributed by atoms with Crippen LogP contribution in [0.5, 0.6) is 0 Å². The van der Waals surface area contributed by atoms with E-state index in [0.29, 0.717) is 17.9 Å². The first-order valence-electron chi connectivity index (χ1n) is 9.82. The van der Waals surface area contributed by atoms with E-state index < -0.39 is 0 Å². The average molecular weight is 368 g/mol. The largest absolute Gasteiger partial charge is 0.365 e. The molecule has 2 heterocycles. The smallest absolute Gasteiger partial charge is 0.144 e. The third kappa shape index (κ3) is 4.21. The Morgan fingerprint density at radius 3 is 2.54 bits per heavy atom. The van der Waals surface area contributed by atoms with Crippen molar-refractivity contribution >= 4 is 5.82 Å². The number of nitrogens with one attached hydrogen (secondary N) is 1. The highest BCUT2D eigenvalue weighted by Crippen LogP contribution is 2.26. The highest BCUT2D eigenvalue weighted by molar-refractivity contribution is 5.68. The summed E-state index contributed by atoms with van der Waals surface area (Å²) >= 11 is 0. The summed E-state index contributed by atoms with van der Waals surface area (Å²) in [5.41, 5.74) is 5.53. The SMILES string of the molecule is N#Cc1cccnc1NCc1ccccc1-c1ccc(CN2CCCC2)cc1. The monoisotopic (exact) mass is 368 g/mol. The van der Waals surface area contributed by atoms with E-state index in [-0.39, 0.29) is 0 Å². The first-order valence-corrected chi connectivity index (χ1v) is 9.82. The minimum Gasteiger partial charge on any atom is -0.365 e. The van der Waals surface area contributed by atoms with Crippen molar-refractivity contribution in [2.45, 2.75) is 25.9 Å². The summed E-state index contributed by atoms with van der Waals surface area (Å²) in [6.45, 7) is 4.10. The van der Waals surface area contributed by atoms with Gasteiger partial charge in [-0.25, -0.2) is 4.98 Å². The molecular formula is C24H24N4. The molecule has 1 fully saturated rings. The number of nitrogens with zero attached hydrogens (tertiary/aromatic N) is 3. The van der Waals surface area contributed by atoms with Crippen LogP contribution in [0.2, 0.25) is 0 Å². The van der Waals surface area contributed by atoms with E-state index in [1.54, 1.807) is 18.3 Å². The zero-order valence-electron chi connectivity index (χ0n) is 15.9. The van der Waals surface area contributed by atoms with Gasteiger partial charge in [-0.2, -0.15) is 5.26 Å². The van der Waals surface area contributed by atoms with Crippen molar-refractivity contribution in [1.29, 1.82) is 5.26 Å². The van der Waals surface area contributed by atoms with Gasteiger partial charge in [-0.15, -0.1) is 0 Å². The normalized spacial score (nSPS) is 14.0. The first kappa shape index (κ1) is 18.2. The Morgan fingerprint density at radius 2 is 1.75 bits per heavy atom. The Morgan fingerprint density at radius 1 is 0.964 bits per heavy atom. The van der Waals surface area contributed by atoms with E-state index >= 15 is 0 Å². The number of pyridine rings is 1. The van der Waals surface area contributed by atoms with Gasteiger partial charge >= 0.3 is 0 Å². The number of hydrogen-bond acceptors (Lipinski definition) is 4. The fourth-order valence-corrected chi connectivity index (χ4v) is 3.76. The Bertz CT molecular complexity index is 966. The van der Waals surface area contributed by atoms with Crippen LogP contribution in [0, 0.1) is 11.3 Å². The molecule has 0 saturated carbocycles. The molecule has 0 radical (unpaired) electrons. The van der Waals surface area contributed by atoms with Crippen molar-refractivity contribution in [1.82, 2.24) is 9.88 Å². The minimum absolute atomic E-state index is 0.561. The fraction of sp³-hybridized carbons (Fsp3) is 0.250. The number of likely N-dealkylation sites (tertiary alicyclic amines) is 1. The standard InChI is InChI=1S/C24H24N4/c25-16-21-7-5-13-26-24(21)27-17-22-6-1-2-8-23(22)20-11-9-19(10-12-20)18-28-14-3-4-15-28/h1-2,5-13H,3-4,14-15,17-18H2,(H,26,27). The maximum absolute atomic E-state index is 9.24. The lowest BCUT2D eigenvalue weighted by Gasteiger charge is -2.15. The van der Waals surface area contributed by atoms with E-state index in [1.165, 1.54) is 48.2 Å². The van der Waals surface area contributed by atoms with Crippen molar-refractivity contribution in [3.8, 4) is 17.2 Å². The molecular weight excluding hydrogens is 344 g/mol. The fourth-order valence-electron chi connectivity index (χ4n) is 3.76. The summed E-state index contributed by atoms with van der Waals surface area (Å²) in [6, 6.07) is 23.0. The second-order valence-corrected chi connectivity index (χ2v) is 7.20. The number of rotatable bonds is 6. The van der Waals surface area contributed by atoms with Crippen molar-refractivity contribution in [3.05, 3.63) is 83.6 Å². The maximum atomic E-state index is 9.24. The average Bonchev–Trinajstić information content (AvgIpc) is 3.26. The van der Waals surface area contributed by atoms with Gasteiger partial charge in [-0.05, 0) is 60.3 Å². The Balaban J connectivity index is 1.50. The third-order valence-corrected chi connectivity index (χ3v) is 5.26. The van der Waals surface area contributed by atoms with Gasteiger partial charge in [0.1, 0.15) is 11.9 Å². The molecule has 4 rings (SSSR count). The molecule has 1 saturated heterocycles. The van der Waals surface area contributed by atoms with E-state index in [1.807, 2.05) is 6.07 Å². The molecule has 3 aromatic rings. The van der Waals surface area contributed by atoms with Crippen LogP contribution in [0.1, 0.15) is 29.5 Å². The summed E-state index contributed by atoms with van der Waals surface area (Å²) < 4.78 is 0. The van der Waals surface area contributed by atoms with E-state index in [4.69, 9.17) is 0 Å². The lowest BCUT2D eigenvalue weighted by atomic mass is 9.98. The molecule has 1 aliphatic rings. The number of hydrogen-bond donors (Lipinski definition) is 1. The Labute approximate surface area is 166 Å². The molecule has 28 heavy (non-hydrogen) atoms. The predicted molar refractivity (Wildman–Crippen MR) is 113 cm³/mol. The molecule has 0 bridgehead atoms. The highest BCUT2D eigenvalue weighted by atomic mass is 15.1. The number of anilines is 1. The molecule has 1 aliphatic heterocycles. The molecule has 0 unspecified atom stereocenters. The lowest BCUT2D eigenvalue weighted by Crippen LogP contribution is -2.18. The van der Waals surface area contributed by atoms with Crippen LogP contribution < -0.4 is 5.32 Å². The third-order valence-electron chi connectivity index (χ3n) is 5.26. The van der Waals surface area contributed by atoms with Gasteiger partial charge in [0.15, 0.2) is 0 Å². The molecule has 1 aromatic heterocycles. The van der Waals surface area contributed by atoms with Crippen molar-refractivity contribution in [2.75, 3.05) is 18.4 Å². The molecule has 0 amide bonds. The molecule has 0 aliphatic carbocycles. The zero-order valence-corrected chi connectivity index (χ0v) is 15.9. The van der Waals surface area contributed by atoms with E-state index in [2.05, 4.69) is 63.7 Å². The summed E-state index contributed by atoms with van der Waals surface area (Å²) in [6.07, 6.45) is 4.35. The van der Waals surface area contributed by atoms with E-state index in [0.717, 1.165) is 6.54 Å². The summed E-state index contributed by atoms with van der Waals surface area (Å²) in [5.74, 6) is 0.626. The van der Waals surface area contributed by atoms with Crippen LogP contribution in [-0.2, 0) is 13.1 Å². The Kier molecular flexibility index (Phi) is 5.65. The van der Waals surface area contributed by atoms with Gasteiger partial charge in [-0.3, -0.25) is 4.90 Å². The van der Waals surface area contributed by atoms with Crippen LogP contribution in [0.15, 0.2) is 66.9 Å². The molecule has 4 nitrogen and oxygen atoms in total. The summed E-state index contributed by atoms with van der Waals surface area (Å²) in [5, 5.41) is 12.6. The van der Waals surface area contributed by atoms with Crippen LogP contribution in [-0.4, -0.2) is 23.0 Å². The van der Waals surface area contributed by atoms with Crippen LogP contribution in [0.3, 0.4) is 0 Å². The topological polar surface area (TPSA) is 52.0 Å². The van der Waals surface area contributed by atoms with Crippen molar-refractivity contribution in [3.63, 3.8) is 0 Å². The molecule has 0 spiro atoms. The quantitative estimate of drug-likeness (QED) is 0.677. The zero-order chi connectivity index (χ0) is 19.2. The van der Waals surface area contributed by atoms with Gasteiger partial charge in [0.2, 0.25) is 0 Å². The van der Waals surface area contributed by atoms with Crippen LogP contribution in [0.4, 0.5) is 5.82 Å². The van der Waals surface area contributed by atoms with Crippen LogP contribution in [0.25, 0.3) is 11.1 Å². The lowest BCUT2D eigenvalue weighted by molar-refractivity contribution is 0.331. The first-order chi connectivity index (χ1) is 13.8. The Hall–Kier alpha value is -3.16. The number of nitriles is 1. The number of aromatic nitrogens is 1. The van der Waals surface area contributed by atoms with Gasteiger partial charge in [0, 0.05) is 19.3 Å². The van der Waals surface area contributed by atoms with Crippen molar-refractivity contribution < 1.29 is 0 Å². The second kappa shape index (κ2) is 8.69. The van der Waals surface area contributed by atoms with Gasteiger partial charge in [0.25, 0.3) is 0 Å². The number of benzene rings is 2. The molecule has 140 valence electrons. The second-order valence-electron chi connectivity index (χ2n) is 7.20. The van der Waals surface area contributed by atoms with Gasteiger partial charge in [-0.1, -0.05) is 48.5 Å². The van der Waals surface area contributed by atoms with E-state index in [9.17, 15) is 5.26 Å². The van der Waals surface area contributed by atoms with Crippen molar-refractivity contribution in [2.24, 2.45) is 0 Å². The molecule has 1 N–H and O–H groups in total. The maximum Gasteiger partial charge on any atom is 0.144 e. The minimum atomic E-state index is 0.561. The molecule has 4 heteroatoms. The predicted octanol–water partition coefficient (Wildman–Crippen LogP) is 4.83. The van der Waals surface area contributed by atoms with Gasteiger partial charge in [0.05, 0.1) is 5.56 Å².